The third kappa shape index (κ3) is 3.08. The maximum Gasteiger partial charge on any atom is 0.230 e. The van der Waals surface area contributed by atoms with E-state index in [0.717, 1.165) is 43.5 Å². The SMILES string of the molecule is Cc1cccc(CN2CCC3(CCCN(S(=O)(=O)C4CC4)C3)C2=O)n1. The van der Waals surface area contributed by atoms with Crippen molar-refractivity contribution in [3.05, 3.63) is 29.6 Å². The van der Waals surface area contributed by atoms with E-state index in [9.17, 15) is 13.2 Å². The molecule has 0 N–H and O–H groups in total. The van der Waals surface area contributed by atoms with Gasteiger partial charge in [-0.05, 0) is 51.2 Å². The van der Waals surface area contributed by atoms with Crippen LogP contribution in [0.15, 0.2) is 18.2 Å². The third-order valence-electron chi connectivity index (χ3n) is 5.75. The van der Waals surface area contributed by atoms with Crippen molar-refractivity contribution in [2.45, 2.75) is 50.8 Å². The normalized spacial score (nSPS) is 28.0. The van der Waals surface area contributed by atoms with Crippen LogP contribution in [0, 0.1) is 12.3 Å². The maximum absolute atomic E-state index is 13.1. The molecule has 2 saturated heterocycles. The minimum atomic E-state index is -3.21. The van der Waals surface area contributed by atoms with Crippen molar-refractivity contribution >= 4 is 15.9 Å². The zero-order valence-electron chi connectivity index (χ0n) is 14.6. The summed E-state index contributed by atoms with van der Waals surface area (Å²) in [6.45, 7) is 4.07. The van der Waals surface area contributed by atoms with Crippen molar-refractivity contribution in [2.75, 3.05) is 19.6 Å². The minimum Gasteiger partial charge on any atom is -0.336 e. The first-order chi connectivity index (χ1) is 11.9. The second kappa shape index (κ2) is 6.06. The molecule has 1 aromatic heterocycles. The number of carbonyl (C=O) groups excluding carboxylic acids is 1. The van der Waals surface area contributed by atoms with Gasteiger partial charge in [-0.2, -0.15) is 0 Å². The Balaban J connectivity index is 1.50. The molecular formula is C18H25N3O3S. The van der Waals surface area contributed by atoms with Crippen LogP contribution in [0.3, 0.4) is 0 Å². The molecular weight excluding hydrogens is 338 g/mol. The molecule has 1 aliphatic carbocycles. The molecule has 1 spiro atoms. The highest BCUT2D eigenvalue weighted by molar-refractivity contribution is 7.90. The van der Waals surface area contributed by atoms with E-state index < -0.39 is 15.4 Å². The summed E-state index contributed by atoms with van der Waals surface area (Å²) >= 11 is 0. The molecule has 3 aliphatic rings. The van der Waals surface area contributed by atoms with Gasteiger partial charge in [-0.25, -0.2) is 12.7 Å². The highest BCUT2D eigenvalue weighted by Crippen LogP contribution is 2.43. The molecule has 1 atom stereocenters. The first kappa shape index (κ1) is 17.0. The highest BCUT2D eigenvalue weighted by Gasteiger charge is 2.52. The Kier molecular flexibility index (Phi) is 4.11. The van der Waals surface area contributed by atoms with Gasteiger partial charge in [0.2, 0.25) is 15.9 Å². The lowest BCUT2D eigenvalue weighted by Gasteiger charge is -2.38. The van der Waals surface area contributed by atoms with E-state index in [1.165, 1.54) is 0 Å². The predicted octanol–water partition coefficient (Wildman–Crippen LogP) is 1.70. The smallest absolute Gasteiger partial charge is 0.230 e. The van der Waals surface area contributed by atoms with Gasteiger partial charge in [0.15, 0.2) is 0 Å². The van der Waals surface area contributed by atoms with Gasteiger partial charge in [-0.3, -0.25) is 9.78 Å². The van der Waals surface area contributed by atoms with Gasteiger partial charge in [0.1, 0.15) is 0 Å². The van der Waals surface area contributed by atoms with Gasteiger partial charge >= 0.3 is 0 Å². The molecule has 1 aromatic rings. The lowest BCUT2D eigenvalue weighted by Crippen LogP contribution is -2.50. The van der Waals surface area contributed by atoms with E-state index >= 15 is 0 Å². The largest absolute Gasteiger partial charge is 0.336 e. The molecule has 0 aromatic carbocycles. The number of sulfonamides is 1. The fourth-order valence-electron chi connectivity index (χ4n) is 4.19. The number of amides is 1. The van der Waals surface area contributed by atoms with Gasteiger partial charge in [0.25, 0.3) is 0 Å². The minimum absolute atomic E-state index is 0.103. The van der Waals surface area contributed by atoms with Gasteiger partial charge < -0.3 is 4.90 Å². The topological polar surface area (TPSA) is 70.6 Å². The van der Waals surface area contributed by atoms with Crippen LogP contribution in [0.2, 0.25) is 0 Å². The Hall–Kier alpha value is -1.47. The van der Waals surface area contributed by atoms with Crippen LogP contribution in [0.25, 0.3) is 0 Å². The summed E-state index contributed by atoms with van der Waals surface area (Å²) in [5.41, 5.74) is 1.31. The zero-order chi connectivity index (χ0) is 17.7. The highest BCUT2D eigenvalue weighted by atomic mass is 32.2. The number of aryl methyl sites for hydroxylation is 1. The number of piperidine rings is 1. The summed E-state index contributed by atoms with van der Waals surface area (Å²) in [7, 11) is -3.21. The van der Waals surface area contributed by atoms with Crippen molar-refractivity contribution in [3.8, 4) is 0 Å². The molecule has 0 radical (unpaired) electrons. The predicted molar refractivity (Wildman–Crippen MR) is 94.2 cm³/mol. The quantitative estimate of drug-likeness (QED) is 0.816. The van der Waals surface area contributed by atoms with Crippen LogP contribution < -0.4 is 0 Å². The zero-order valence-corrected chi connectivity index (χ0v) is 15.5. The van der Waals surface area contributed by atoms with Crippen LogP contribution >= 0.6 is 0 Å². The molecule has 2 aliphatic heterocycles. The van der Waals surface area contributed by atoms with Crippen LogP contribution in [-0.2, 0) is 21.4 Å². The molecule has 1 amide bonds. The van der Waals surface area contributed by atoms with E-state index in [1.54, 1.807) is 4.31 Å². The number of rotatable bonds is 4. The second-order valence-electron chi connectivity index (χ2n) is 7.71. The molecule has 136 valence electrons. The number of pyridine rings is 1. The summed E-state index contributed by atoms with van der Waals surface area (Å²) in [5, 5.41) is -0.202. The molecule has 3 heterocycles. The number of carbonyl (C=O) groups is 1. The van der Waals surface area contributed by atoms with Crippen LogP contribution in [0.5, 0.6) is 0 Å². The van der Waals surface area contributed by atoms with Crippen LogP contribution in [-0.4, -0.2) is 53.4 Å². The summed E-state index contributed by atoms with van der Waals surface area (Å²) in [6.07, 6.45) is 3.85. The number of likely N-dealkylation sites (tertiary alicyclic amines) is 1. The van der Waals surface area contributed by atoms with Gasteiger partial charge in [0.05, 0.1) is 22.9 Å². The van der Waals surface area contributed by atoms with Crippen LogP contribution in [0.1, 0.15) is 43.5 Å². The molecule has 6 nitrogen and oxygen atoms in total. The van der Waals surface area contributed by atoms with E-state index in [-0.39, 0.29) is 11.2 Å². The first-order valence-corrected chi connectivity index (χ1v) is 10.6. The van der Waals surface area contributed by atoms with Gasteiger partial charge in [-0.15, -0.1) is 0 Å². The molecule has 1 saturated carbocycles. The average molecular weight is 363 g/mol. The Morgan fingerprint density at radius 2 is 2.04 bits per heavy atom. The summed E-state index contributed by atoms with van der Waals surface area (Å²) in [4.78, 5) is 19.5. The van der Waals surface area contributed by atoms with E-state index in [4.69, 9.17) is 0 Å². The number of aromatic nitrogens is 1. The van der Waals surface area contributed by atoms with Crippen molar-refractivity contribution in [1.29, 1.82) is 0 Å². The molecule has 1 unspecified atom stereocenters. The van der Waals surface area contributed by atoms with E-state index in [1.807, 2.05) is 30.0 Å². The average Bonchev–Trinajstić information content (AvgIpc) is 3.40. The summed E-state index contributed by atoms with van der Waals surface area (Å²) in [5.74, 6) is 0.103. The summed E-state index contributed by atoms with van der Waals surface area (Å²) in [6, 6.07) is 5.84. The fraction of sp³-hybridized carbons (Fsp3) is 0.667. The van der Waals surface area contributed by atoms with E-state index in [0.29, 0.717) is 26.2 Å². The third-order valence-corrected chi connectivity index (χ3v) is 8.09. The molecule has 25 heavy (non-hydrogen) atoms. The van der Waals surface area contributed by atoms with Crippen LogP contribution in [0.4, 0.5) is 0 Å². The lowest BCUT2D eigenvalue weighted by atomic mass is 9.79. The Morgan fingerprint density at radius 1 is 1.24 bits per heavy atom. The lowest BCUT2D eigenvalue weighted by molar-refractivity contribution is -0.138. The fourth-order valence-corrected chi connectivity index (χ4v) is 6.15. The number of hydrogen-bond donors (Lipinski definition) is 0. The second-order valence-corrected chi connectivity index (χ2v) is 9.92. The van der Waals surface area contributed by atoms with Crippen molar-refractivity contribution < 1.29 is 13.2 Å². The first-order valence-electron chi connectivity index (χ1n) is 9.12. The van der Waals surface area contributed by atoms with E-state index in [2.05, 4.69) is 4.98 Å². The van der Waals surface area contributed by atoms with Crippen molar-refractivity contribution in [3.63, 3.8) is 0 Å². The van der Waals surface area contributed by atoms with Gasteiger partial charge in [0, 0.05) is 25.3 Å². The van der Waals surface area contributed by atoms with Gasteiger partial charge in [-0.1, -0.05) is 6.07 Å². The molecule has 4 rings (SSSR count). The summed E-state index contributed by atoms with van der Waals surface area (Å²) < 4.78 is 26.8. The Labute approximate surface area is 149 Å². The molecule has 3 fully saturated rings. The Morgan fingerprint density at radius 3 is 2.76 bits per heavy atom. The standard InChI is InChI=1S/C18H25N3O3S/c1-14-4-2-5-15(19-14)12-20-11-9-18(17(20)22)8-3-10-21(13-18)25(23,24)16-6-7-16/h2,4-5,16H,3,6-13H2,1H3. The number of nitrogens with zero attached hydrogens (tertiary/aromatic N) is 3. The number of hydrogen-bond acceptors (Lipinski definition) is 4. The maximum atomic E-state index is 13.1. The van der Waals surface area contributed by atoms with Crippen molar-refractivity contribution in [2.24, 2.45) is 5.41 Å². The molecule has 0 bridgehead atoms. The Bertz CT molecular complexity index is 791. The van der Waals surface area contributed by atoms with Crippen molar-refractivity contribution in [1.82, 2.24) is 14.2 Å². The monoisotopic (exact) mass is 363 g/mol. The molecule has 7 heteroatoms.